The maximum Gasteiger partial charge on any atom is 0.256 e. The number of hydrogen-bond donors (Lipinski definition) is 1. The van der Waals surface area contributed by atoms with Crippen LogP contribution in [0.15, 0.2) is 18.2 Å². The number of hydrogen-bond acceptors (Lipinski definition) is 4. The lowest BCUT2D eigenvalue weighted by atomic mass is 10.0. The monoisotopic (exact) mass is 290 g/mol. The van der Waals surface area contributed by atoms with Gasteiger partial charge in [0, 0.05) is 12.8 Å². The molecule has 1 rings (SSSR count). The Hall–Kier alpha value is -2.06. The number of amides is 1. The third-order valence-corrected chi connectivity index (χ3v) is 3.43. The molecule has 1 amide bonds. The third kappa shape index (κ3) is 4.20. The summed E-state index contributed by atoms with van der Waals surface area (Å²) in [6.45, 7) is 6.16. The molecule has 5 heteroatoms. The Morgan fingerprint density at radius 1 is 1.43 bits per heavy atom. The molecule has 1 aromatic rings. The highest BCUT2D eigenvalue weighted by Crippen LogP contribution is 2.24. The number of nitrogens with zero attached hydrogens (tertiary/aromatic N) is 1. The SMILES string of the molecule is CCCOc1ccc(NC(=O)[C@@](C)(CC)OC)cc1C#N. The van der Waals surface area contributed by atoms with Gasteiger partial charge in [-0.25, -0.2) is 0 Å². The molecule has 114 valence electrons. The molecule has 0 radical (unpaired) electrons. The van der Waals surface area contributed by atoms with Crippen LogP contribution in [0.25, 0.3) is 0 Å². The lowest BCUT2D eigenvalue weighted by Gasteiger charge is -2.25. The van der Waals surface area contributed by atoms with Gasteiger partial charge in [-0.15, -0.1) is 0 Å². The number of carbonyl (C=O) groups is 1. The van der Waals surface area contributed by atoms with Crippen molar-refractivity contribution in [2.75, 3.05) is 19.0 Å². The van der Waals surface area contributed by atoms with Crippen molar-refractivity contribution in [3.05, 3.63) is 23.8 Å². The largest absolute Gasteiger partial charge is 0.492 e. The first-order valence-electron chi connectivity index (χ1n) is 7.04. The van der Waals surface area contributed by atoms with Crippen LogP contribution in [0, 0.1) is 11.3 Å². The fourth-order valence-electron chi connectivity index (χ4n) is 1.69. The van der Waals surface area contributed by atoms with Crippen LogP contribution in [0.1, 0.15) is 39.2 Å². The van der Waals surface area contributed by atoms with E-state index in [9.17, 15) is 4.79 Å². The minimum Gasteiger partial charge on any atom is -0.492 e. The molecule has 1 aromatic carbocycles. The summed E-state index contributed by atoms with van der Waals surface area (Å²) in [5.41, 5.74) is 0.0680. The van der Waals surface area contributed by atoms with Gasteiger partial charge in [-0.2, -0.15) is 5.26 Å². The van der Waals surface area contributed by atoms with Crippen molar-refractivity contribution in [1.82, 2.24) is 0 Å². The molecule has 0 heterocycles. The van der Waals surface area contributed by atoms with Gasteiger partial charge in [0.05, 0.1) is 12.2 Å². The highest BCUT2D eigenvalue weighted by Gasteiger charge is 2.31. The summed E-state index contributed by atoms with van der Waals surface area (Å²) in [5, 5.41) is 11.9. The molecule has 0 aliphatic rings. The third-order valence-electron chi connectivity index (χ3n) is 3.43. The molecule has 1 N–H and O–H groups in total. The molecule has 0 saturated heterocycles. The zero-order valence-electron chi connectivity index (χ0n) is 13.0. The maximum absolute atomic E-state index is 12.2. The number of carbonyl (C=O) groups excluding carboxylic acids is 1. The quantitative estimate of drug-likeness (QED) is 0.837. The number of rotatable bonds is 7. The fourth-order valence-corrected chi connectivity index (χ4v) is 1.69. The van der Waals surface area contributed by atoms with Crippen molar-refractivity contribution < 1.29 is 14.3 Å². The van der Waals surface area contributed by atoms with Gasteiger partial charge in [-0.05, 0) is 38.0 Å². The Morgan fingerprint density at radius 2 is 2.14 bits per heavy atom. The summed E-state index contributed by atoms with van der Waals surface area (Å²) in [6, 6.07) is 7.10. The van der Waals surface area contributed by atoms with Crippen molar-refractivity contribution in [2.45, 2.75) is 39.2 Å². The molecular weight excluding hydrogens is 268 g/mol. The lowest BCUT2D eigenvalue weighted by molar-refractivity contribution is -0.136. The summed E-state index contributed by atoms with van der Waals surface area (Å²) >= 11 is 0. The number of nitriles is 1. The number of nitrogens with one attached hydrogen (secondary N) is 1. The zero-order chi connectivity index (χ0) is 15.9. The van der Waals surface area contributed by atoms with Crippen LogP contribution in [-0.2, 0) is 9.53 Å². The second-order valence-electron chi connectivity index (χ2n) is 4.91. The smallest absolute Gasteiger partial charge is 0.256 e. The van der Waals surface area contributed by atoms with Crippen LogP contribution in [0.3, 0.4) is 0 Å². The van der Waals surface area contributed by atoms with Gasteiger partial charge < -0.3 is 14.8 Å². The van der Waals surface area contributed by atoms with E-state index in [2.05, 4.69) is 11.4 Å². The van der Waals surface area contributed by atoms with E-state index < -0.39 is 5.60 Å². The van der Waals surface area contributed by atoms with E-state index in [1.165, 1.54) is 7.11 Å². The molecule has 1 atom stereocenters. The molecule has 21 heavy (non-hydrogen) atoms. The Bertz CT molecular complexity index is 531. The van der Waals surface area contributed by atoms with E-state index in [-0.39, 0.29) is 5.91 Å². The number of benzene rings is 1. The molecule has 0 saturated carbocycles. The highest BCUT2D eigenvalue weighted by molar-refractivity contribution is 5.97. The van der Waals surface area contributed by atoms with E-state index in [1.807, 2.05) is 13.8 Å². The molecule has 5 nitrogen and oxygen atoms in total. The maximum atomic E-state index is 12.2. The molecule has 0 fully saturated rings. The van der Waals surface area contributed by atoms with Crippen LogP contribution >= 0.6 is 0 Å². The Balaban J connectivity index is 2.91. The summed E-state index contributed by atoms with van der Waals surface area (Å²) in [7, 11) is 1.51. The standard InChI is InChI=1S/C16H22N2O3/c1-5-9-21-14-8-7-13(10-12(14)11-17)18-15(19)16(3,6-2)20-4/h7-8,10H,5-6,9H2,1-4H3,(H,18,19)/t16-/m1/s1. The molecule has 0 unspecified atom stereocenters. The molecule has 0 aromatic heterocycles. The van der Waals surface area contributed by atoms with Crippen LogP contribution in [0.5, 0.6) is 5.75 Å². The zero-order valence-corrected chi connectivity index (χ0v) is 13.0. The van der Waals surface area contributed by atoms with E-state index in [0.717, 1.165) is 6.42 Å². The Kier molecular flexibility index (Phi) is 6.19. The Morgan fingerprint density at radius 3 is 2.67 bits per heavy atom. The lowest BCUT2D eigenvalue weighted by Crippen LogP contribution is -2.41. The average Bonchev–Trinajstić information content (AvgIpc) is 2.52. The highest BCUT2D eigenvalue weighted by atomic mass is 16.5. The predicted molar refractivity (Wildman–Crippen MR) is 81.3 cm³/mol. The second-order valence-corrected chi connectivity index (χ2v) is 4.91. The van der Waals surface area contributed by atoms with E-state index in [4.69, 9.17) is 14.7 Å². The van der Waals surface area contributed by atoms with E-state index in [1.54, 1.807) is 25.1 Å². The molecule has 0 bridgehead atoms. The van der Waals surface area contributed by atoms with Crippen LogP contribution in [-0.4, -0.2) is 25.2 Å². The first kappa shape index (κ1) is 17.0. The molecular formula is C16H22N2O3. The van der Waals surface area contributed by atoms with Crippen molar-refractivity contribution >= 4 is 11.6 Å². The first-order valence-corrected chi connectivity index (χ1v) is 7.04. The van der Waals surface area contributed by atoms with Crippen molar-refractivity contribution in [1.29, 1.82) is 5.26 Å². The molecule has 0 spiro atoms. The van der Waals surface area contributed by atoms with Crippen LogP contribution in [0.2, 0.25) is 0 Å². The van der Waals surface area contributed by atoms with Gasteiger partial charge in [0.1, 0.15) is 17.4 Å². The Labute approximate surface area is 125 Å². The first-order chi connectivity index (χ1) is 10.0. The summed E-state index contributed by atoms with van der Waals surface area (Å²) in [4.78, 5) is 12.2. The summed E-state index contributed by atoms with van der Waals surface area (Å²) in [6.07, 6.45) is 1.42. The van der Waals surface area contributed by atoms with E-state index in [0.29, 0.717) is 30.0 Å². The van der Waals surface area contributed by atoms with Gasteiger partial charge in [0.2, 0.25) is 0 Å². The average molecular weight is 290 g/mol. The minimum atomic E-state index is -0.885. The normalized spacial score (nSPS) is 13.1. The van der Waals surface area contributed by atoms with Crippen LogP contribution < -0.4 is 10.1 Å². The van der Waals surface area contributed by atoms with E-state index >= 15 is 0 Å². The summed E-state index contributed by atoms with van der Waals surface area (Å²) < 4.78 is 10.7. The molecule has 0 aliphatic heterocycles. The molecule has 0 aliphatic carbocycles. The van der Waals surface area contributed by atoms with Gasteiger partial charge >= 0.3 is 0 Å². The number of ether oxygens (including phenoxy) is 2. The topological polar surface area (TPSA) is 71.3 Å². The summed E-state index contributed by atoms with van der Waals surface area (Å²) in [5.74, 6) is 0.293. The van der Waals surface area contributed by atoms with Crippen molar-refractivity contribution in [3.63, 3.8) is 0 Å². The number of methoxy groups -OCH3 is 1. The van der Waals surface area contributed by atoms with Gasteiger partial charge in [0.15, 0.2) is 0 Å². The van der Waals surface area contributed by atoms with Gasteiger partial charge in [-0.3, -0.25) is 4.79 Å². The second kappa shape index (κ2) is 7.65. The fraction of sp³-hybridized carbons (Fsp3) is 0.500. The van der Waals surface area contributed by atoms with Crippen molar-refractivity contribution in [2.24, 2.45) is 0 Å². The predicted octanol–water partition coefficient (Wildman–Crippen LogP) is 3.10. The number of anilines is 1. The van der Waals surface area contributed by atoms with Crippen molar-refractivity contribution in [3.8, 4) is 11.8 Å². The minimum absolute atomic E-state index is 0.237. The van der Waals surface area contributed by atoms with Crippen LogP contribution in [0.4, 0.5) is 5.69 Å². The van der Waals surface area contributed by atoms with Gasteiger partial charge in [0.25, 0.3) is 5.91 Å². The van der Waals surface area contributed by atoms with Gasteiger partial charge in [-0.1, -0.05) is 13.8 Å².